The molecule has 0 radical (unpaired) electrons. The number of aryl methyl sites for hydroxylation is 2. The highest BCUT2D eigenvalue weighted by Crippen LogP contribution is 2.23. The highest BCUT2D eigenvalue weighted by Gasteiger charge is 2.16. The largest absolute Gasteiger partial charge is 0.325 e. The first-order valence-corrected chi connectivity index (χ1v) is 10.3. The van der Waals surface area contributed by atoms with Crippen LogP contribution in [0.5, 0.6) is 0 Å². The maximum absolute atomic E-state index is 12.9. The number of benzene rings is 2. The minimum absolute atomic E-state index is 0.0786. The SMILES string of the molecule is Cc1cc(C)cc(NC(=O)CSc2nc3cc(Cl)ccc3c(=O)n2C(C)C)c1. The van der Waals surface area contributed by atoms with E-state index in [0.717, 1.165) is 16.8 Å². The Morgan fingerprint density at radius 2 is 1.86 bits per heavy atom. The molecule has 1 amide bonds. The molecule has 0 saturated heterocycles. The summed E-state index contributed by atoms with van der Waals surface area (Å²) >= 11 is 7.29. The van der Waals surface area contributed by atoms with Crippen LogP contribution in [0.1, 0.15) is 31.0 Å². The van der Waals surface area contributed by atoms with Crippen molar-refractivity contribution < 1.29 is 4.79 Å². The molecule has 1 aromatic heterocycles. The lowest BCUT2D eigenvalue weighted by atomic mass is 10.1. The van der Waals surface area contributed by atoms with E-state index in [2.05, 4.69) is 16.4 Å². The van der Waals surface area contributed by atoms with Gasteiger partial charge >= 0.3 is 0 Å². The molecule has 3 rings (SSSR count). The number of hydrogen-bond acceptors (Lipinski definition) is 4. The molecule has 0 aliphatic carbocycles. The van der Waals surface area contributed by atoms with Gasteiger partial charge in [-0.3, -0.25) is 14.2 Å². The number of hydrogen-bond donors (Lipinski definition) is 1. The molecule has 1 heterocycles. The van der Waals surface area contributed by atoms with E-state index in [0.29, 0.717) is 21.1 Å². The van der Waals surface area contributed by atoms with Crippen LogP contribution in [0.3, 0.4) is 0 Å². The van der Waals surface area contributed by atoms with Gasteiger partial charge in [0, 0.05) is 16.8 Å². The van der Waals surface area contributed by atoms with Crippen LogP contribution in [-0.4, -0.2) is 21.2 Å². The molecule has 0 atom stereocenters. The Labute approximate surface area is 173 Å². The maximum Gasteiger partial charge on any atom is 0.262 e. The van der Waals surface area contributed by atoms with Crippen molar-refractivity contribution >= 4 is 45.9 Å². The van der Waals surface area contributed by atoms with Gasteiger partial charge < -0.3 is 5.32 Å². The van der Waals surface area contributed by atoms with Gasteiger partial charge in [0.2, 0.25) is 5.91 Å². The van der Waals surface area contributed by atoms with Crippen LogP contribution in [0.2, 0.25) is 5.02 Å². The second-order valence-electron chi connectivity index (χ2n) is 7.04. The van der Waals surface area contributed by atoms with Gasteiger partial charge in [0.15, 0.2) is 5.16 Å². The highest BCUT2D eigenvalue weighted by atomic mass is 35.5. The third-order valence-electron chi connectivity index (χ3n) is 4.19. The summed E-state index contributed by atoms with van der Waals surface area (Å²) in [4.78, 5) is 29.9. The number of nitrogens with one attached hydrogen (secondary N) is 1. The molecule has 0 unspecified atom stereocenters. The van der Waals surface area contributed by atoms with E-state index in [-0.39, 0.29) is 23.3 Å². The Morgan fingerprint density at radius 1 is 1.18 bits per heavy atom. The Balaban J connectivity index is 1.85. The van der Waals surface area contributed by atoms with Gasteiger partial charge in [-0.1, -0.05) is 29.4 Å². The molecule has 5 nitrogen and oxygen atoms in total. The number of thioether (sulfide) groups is 1. The first-order chi connectivity index (χ1) is 13.2. The van der Waals surface area contributed by atoms with E-state index in [1.54, 1.807) is 22.8 Å². The topological polar surface area (TPSA) is 64.0 Å². The van der Waals surface area contributed by atoms with Crippen LogP contribution in [0, 0.1) is 13.8 Å². The third kappa shape index (κ3) is 4.56. The Morgan fingerprint density at radius 3 is 2.50 bits per heavy atom. The quantitative estimate of drug-likeness (QED) is 0.471. The van der Waals surface area contributed by atoms with Crippen molar-refractivity contribution in [3.63, 3.8) is 0 Å². The van der Waals surface area contributed by atoms with Gasteiger partial charge in [0.05, 0.1) is 16.7 Å². The summed E-state index contributed by atoms with van der Waals surface area (Å²) in [5.41, 5.74) is 3.34. The lowest BCUT2D eigenvalue weighted by Crippen LogP contribution is -2.25. The zero-order chi connectivity index (χ0) is 20.4. The Kier molecular flexibility index (Phi) is 6.10. The van der Waals surface area contributed by atoms with E-state index < -0.39 is 0 Å². The van der Waals surface area contributed by atoms with E-state index in [1.165, 1.54) is 11.8 Å². The molecule has 3 aromatic rings. The summed E-state index contributed by atoms with van der Waals surface area (Å²) < 4.78 is 1.62. The Bertz CT molecular complexity index is 1090. The van der Waals surface area contributed by atoms with Crippen molar-refractivity contribution in [1.29, 1.82) is 0 Å². The zero-order valence-corrected chi connectivity index (χ0v) is 17.8. The van der Waals surface area contributed by atoms with Crippen molar-refractivity contribution in [2.45, 2.75) is 38.9 Å². The van der Waals surface area contributed by atoms with Gasteiger partial charge in [0.1, 0.15) is 0 Å². The molecule has 0 aliphatic heterocycles. The molecule has 0 saturated carbocycles. The third-order valence-corrected chi connectivity index (χ3v) is 5.37. The number of carbonyl (C=O) groups excluding carboxylic acids is 1. The average molecular weight is 416 g/mol. The number of amides is 1. The molecule has 1 N–H and O–H groups in total. The number of fused-ring (bicyclic) bond motifs is 1. The second kappa shape index (κ2) is 8.37. The molecular formula is C21H22ClN3O2S. The second-order valence-corrected chi connectivity index (χ2v) is 8.42. The number of rotatable bonds is 5. The van der Waals surface area contributed by atoms with E-state index in [4.69, 9.17) is 11.6 Å². The van der Waals surface area contributed by atoms with Gasteiger partial charge in [-0.2, -0.15) is 0 Å². The summed E-state index contributed by atoms with van der Waals surface area (Å²) in [7, 11) is 0. The lowest BCUT2D eigenvalue weighted by molar-refractivity contribution is -0.113. The molecule has 7 heteroatoms. The summed E-state index contributed by atoms with van der Waals surface area (Å²) in [5, 5.41) is 4.45. The molecule has 2 aromatic carbocycles. The first kappa shape index (κ1) is 20.4. The Hall–Kier alpha value is -2.31. The molecule has 0 bridgehead atoms. The number of halogens is 1. The standard InChI is InChI=1S/C21H22ClN3O2S/c1-12(2)25-20(27)17-6-5-15(22)10-18(17)24-21(25)28-11-19(26)23-16-8-13(3)7-14(4)9-16/h5-10,12H,11H2,1-4H3,(H,23,26). The first-order valence-electron chi connectivity index (χ1n) is 8.97. The summed E-state index contributed by atoms with van der Waals surface area (Å²) in [5.74, 6) is 0.00356. The summed E-state index contributed by atoms with van der Waals surface area (Å²) in [6.45, 7) is 7.82. The highest BCUT2D eigenvalue weighted by molar-refractivity contribution is 7.99. The van der Waals surface area contributed by atoms with Crippen LogP contribution in [0.15, 0.2) is 46.3 Å². The molecule has 28 heavy (non-hydrogen) atoms. The minimum atomic E-state index is -0.147. The number of carbonyl (C=O) groups is 1. The summed E-state index contributed by atoms with van der Waals surface area (Å²) in [6, 6.07) is 10.9. The zero-order valence-electron chi connectivity index (χ0n) is 16.2. The van der Waals surface area contributed by atoms with Gasteiger partial charge in [-0.05, 0) is 69.2 Å². The number of anilines is 1. The molecule has 0 aliphatic rings. The smallest absolute Gasteiger partial charge is 0.262 e. The van der Waals surface area contributed by atoms with E-state index >= 15 is 0 Å². The molecule has 0 fully saturated rings. The minimum Gasteiger partial charge on any atom is -0.325 e. The van der Waals surface area contributed by atoms with Crippen LogP contribution in [-0.2, 0) is 4.79 Å². The van der Waals surface area contributed by atoms with Crippen molar-refractivity contribution in [2.75, 3.05) is 11.1 Å². The van der Waals surface area contributed by atoms with Crippen molar-refractivity contribution in [3.05, 3.63) is 62.9 Å². The fourth-order valence-corrected chi connectivity index (χ4v) is 4.18. The predicted molar refractivity (Wildman–Crippen MR) is 117 cm³/mol. The normalized spacial score (nSPS) is 11.2. The molecular weight excluding hydrogens is 394 g/mol. The fourth-order valence-electron chi connectivity index (χ4n) is 3.08. The molecule has 146 valence electrons. The maximum atomic E-state index is 12.9. The van der Waals surface area contributed by atoms with Crippen molar-refractivity contribution in [2.24, 2.45) is 0 Å². The summed E-state index contributed by atoms with van der Waals surface area (Å²) in [6.07, 6.45) is 0. The molecule has 0 spiro atoms. The van der Waals surface area contributed by atoms with Gasteiger partial charge in [-0.25, -0.2) is 4.98 Å². The average Bonchev–Trinajstić information content (AvgIpc) is 2.58. The monoisotopic (exact) mass is 415 g/mol. The van der Waals surface area contributed by atoms with E-state index in [9.17, 15) is 9.59 Å². The fraction of sp³-hybridized carbons (Fsp3) is 0.286. The van der Waals surface area contributed by atoms with Crippen molar-refractivity contribution in [1.82, 2.24) is 9.55 Å². The number of nitrogens with zero attached hydrogens (tertiary/aromatic N) is 2. The predicted octanol–water partition coefficient (Wildman–Crippen LogP) is 4.98. The van der Waals surface area contributed by atoms with Gasteiger partial charge in [0.25, 0.3) is 5.56 Å². The number of aromatic nitrogens is 2. The van der Waals surface area contributed by atoms with Crippen molar-refractivity contribution in [3.8, 4) is 0 Å². The van der Waals surface area contributed by atoms with Gasteiger partial charge in [-0.15, -0.1) is 0 Å². The van der Waals surface area contributed by atoms with Crippen LogP contribution in [0.25, 0.3) is 10.9 Å². The van der Waals surface area contributed by atoms with Crippen LogP contribution in [0.4, 0.5) is 5.69 Å². The van der Waals surface area contributed by atoms with Crippen LogP contribution < -0.4 is 10.9 Å². The lowest BCUT2D eigenvalue weighted by Gasteiger charge is -2.16. The van der Waals surface area contributed by atoms with E-state index in [1.807, 2.05) is 39.8 Å². The van der Waals surface area contributed by atoms with Crippen LogP contribution >= 0.6 is 23.4 Å².